The van der Waals surface area contributed by atoms with Crippen LogP contribution in [0, 0.1) is 0 Å². The third kappa shape index (κ3) is 10.1. The number of hydrogen-bond donors (Lipinski definition) is 0. The van der Waals surface area contributed by atoms with Gasteiger partial charge >= 0.3 is 0 Å². The molecule has 0 saturated heterocycles. The highest BCUT2D eigenvalue weighted by Gasteiger charge is 1.98. The summed E-state index contributed by atoms with van der Waals surface area (Å²) in [6, 6.07) is 0. The zero-order chi connectivity index (χ0) is 10.8. The average Bonchev–Trinajstić information content (AvgIpc) is 2.11. The summed E-state index contributed by atoms with van der Waals surface area (Å²) >= 11 is 0. The van der Waals surface area contributed by atoms with Gasteiger partial charge in [-0.1, -0.05) is 21.6 Å². The molecule has 0 unspecified atom stereocenters. The molecule has 74 valence electrons. The molecule has 13 heavy (non-hydrogen) atoms. The van der Waals surface area contributed by atoms with E-state index in [9.17, 15) is 9.59 Å². The van der Waals surface area contributed by atoms with E-state index in [0.717, 1.165) is 12.2 Å². The van der Waals surface area contributed by atoms with Gasteiger partial charge in [-0.25, -0.2) is 4.74 Å². The van der Waals surface area contributed by atoms with Gasteiger partial charge < -0.3 is 0 Å². The Bertz CT molecular complexity index is 226. The number of amides is 1. The average molecular weight is 239 g/mol. The number of carbonyl (C=O) groups excluding carboxylic acids is 2. The Balaban J connectivity index is 3.21. The number of Topliss-reactive ketones (excluding diaryl/α,β-unsaturated/α-hetero) is 1. The molecule has 0 rings (SSSR count). The lowest BCUT2D eigenvalue weighted by molar-refractivity contribution is -0.117. The molecule has 0 spiro atoms. The van der Waals surface area contributed by atoms with Crippen molar-refractivity contribution in [1.29, 1.82) is 1.28 Å². The lowest BCUT2D eigenvalue weighted by Crippen LogP contribution is -1.93. The number of ketones is 1. The first-order valence-corrected chi connectivity index (χ1v) is 6.67. The fourth-order valence-electron chi connectivity index (χ4n) is 0.516. The first-order valence-electron chi connectivity index (χ1n) is 4.23. The molecule has 0 atom stereocenters. The Kier molecular flexibility index (Phi) is 7.53. The Morgan fingerprint density at radius 1 is 1.54 bits per heavy atom. The molecular formula is C7H12NO2PS2. The van der Waals surface area contributed by atoms with Gasteiger partial charge in [0.1, 0.15) is 7.06 Å². The molecule has 0 aromatic heterocycles. The van der Waals surface area contributed by atoms with Crippen LogP contribution in [0.4, 0.5) is 0 Å². The Hall–Kier alpha value is 0.140. The molecule has 0 aliphatic heterocycles. The van der Waals surface area contributed by atoms with Crippen molar-refractivity contribution in [3.63, 3.8) is 0 Å². The highest BCUT2D eigenvalue weighted by atomic mass is 33.1. The van der Waals surface area contributed by atoms with Crippen LogP contribution in [0.3, 0.4) is 0 Å². The first kappa shape index (κ1) is 11.2. The molecule has 6 heteroatoms. The smallest absolute Gasteiger partial charge is 0.249 e. The summed E-state index contributed by atoms with van der Waals surface area (Å²) in [6.45, 7) is 1.56. The predicted molar refractivity (Wildman–Crippen MR) is 60.6 cm³/mol. The summed E-state index contributed by atoms with van der Waals surface area (Å²) in [5.74, 6) is 1.32. The number of nitrogens with zero attached hydrogens (tertiary/aromatic N) is 1. The van der Waals surface area contributed by atoms with Crippen LogP contribution >= 0.6 is 30.6 Å². The Morgan fingerprint density at radius 3 is 2.92 bits per heavy atom. The van der Waals surface area contributed by atoms with Crippen molar-refractivity contribution < 1.29 is 9.59 Å². The molecule has 0 N–H and O–H groups in total. The number of hydrogen-bond acceptors (Lipinski definition) is 4. The van der Waals surface area contributed by atoms with Gasteiger partial charge in [-0.2, -0.15) is 0 Å². The minimum absolute atomic E-state index is 0.0332. The monoisotopic (exact) mass is 239 g/mol. The molecule has 0 aliphatic rings. The van der Waals surface area contributed by atoms with Gasteiger partial charge in [0.15, 0.2) is 0 Å². The molecule has 0 aromatic carbocycles. The molecule has 0 radical (unpaired) electrons. The fraction of sp³-hybridized carbons (Fsp3) is 0.714. The maximum atomic E-state index is 10.8. The lowest BCUT2D eigenvalue weighted by atomic mass is 10.3. The second-order valence-electron chi connectivity index (χ2n) is 2.38. The van der Waals surface area contributed by atoms with Gasteiger partial charge in [0.05, 0.1) is 5.75 Å². The molecule has 0 aromatic rings. The van der Waals surface area contributed by atoms with Crippen molar-refractivity contribution >= 4 is 42.3 Å². The largest absolute Gasteiger partial charge is 0.299 e. The second-order valence-corrected chi connectivity index (χ2v) is 5.17. The maximum absolute atomic E-state index is 10.8. The topological polar surface area (TPSA) is 46.5 Å². The van der Waals surface area contributed by atoms with Gasteiger partial charge in [0, 0.05) is 12.2 Å². The summed E-state index contributed by atoms with van der Waals surface area (Å²) in [4.78, 5) is 21.4. The predicted octanol–water partition coefficient (Wildman–Crippen LogP) is 2.59. The van der Waals surface area contributed by atoms with Crippen molar-refractivity contribution in [3.05, 3.63) is 0 Å². The Morgan fingerprint density at radius 2 is 2.31 bits per heavy atom. The minimum Gasteiger partial charge on any atom is -0.299 e. The van der Waals surface area contributed by atoms with Gasteiger partial charge in [-0.3, -0.25) is 9.59 Å². The van der Waals surface area contributed by atoms with Crippen molar-refractivity contribution in [2.45, 2.75) is 19.8 Å². The highest BCUT2D eigenvalue weighted by molar-refractivity contribution is 8.76. The SMILES string of the molecule is [3H]P=NC(=O)CCCSSCC(C)=O. The van der Waals surface area contributed by atoms with E-state index in [1.807, 2.05) is 0 Å². The van der Waals surface area contributed by atoms with E-state index in [1.54, 1.807) is 17.7 Å². The van der Waals surface area contributed by atoms with Crippen LogP contribution < -0.4 is 0 Å². The third-order valence-corrected chi connectivity index (χ3v) is 3.80. The molecular weight excluding hydrogens is 225 g/mol. The van der Waals surface area contributed by atoms with Crippen LogP contribution in [0.5, 0.6) is 0 Å². The van der Waals surface area contributed by atoms with Crippen molar-refractivity contribution in [1.82, 2.24) is 0 Å². The third-order valence-electron chi connectivity index (χ3n) is 1.08. The van der Waals surface area contributed by atoms with Crippen LogP contribution in [0.1, 0.15) is 19.8 Å². The number of carbonyl (C=O) groups is 2. The summed E-state index contributed by atoms with van der Waals surface area (Å²) in [6.07, 6.45) is 1.16. The van der Waals surface area contributed by atoms with Crippen LogP contribution in [-0.2, 0) is 9.59 Å². The summed E-state index contributed by atoms with van der Waals surface area (Å²) in [7, 11) is 3.14. The lowest BCUT2D eigenvalue weighted by Gasteiger charge is -1.96. The van der Waals surface area contributed by atoms with Crippen molar-refractivity contribution in [2.24, 2.45) is 4.74 Å². The van der Waals surface area contributed by atoms with Crippen LogP contribution in [-0.4, -0.2) is 24.5 Å². The zero-order valence-electron chi connectivity index (χ0n) is 8.36. The standard InChI is InChI=1S/C7H12NO2PS2/c1-6(9)5-13-12-4-2-3-7(10)8-11/h11H,2-5H2,1H3/i11T. The molecule has 0 heterocycles. The van der Waals surface area contributed by atoms with Gasteiger partial charge in [-0.15, -0.1) is 0 Å². The van der Waals surface area contributed by atoms with Gasteiger partial charge in [0.2, 0.25) is 5.91 Å². The number of rotatable bonds is 7. The molecule has 0 saturated carbocycles. The van der Waals surface area contributed by atoms with E-state index in [0.29, 0.717) is 12.2 Å². The molecule has 3 nitrogen and oxygen atoms in total. The normalized spacial score (nSPS) is 11.6. The zero-order valence-corrected chi connectivity index (χ0v) is 9.88. The van der Waals surface area contributed by atoms with Crippen molar-refractivity contribution in [3.8, 4) is 0 Å². The highest BCUT2D eigenvalue weighted by Crippen LogP contribution is 2.22. The maximum Gasteiger partial charge on any atom is 0.249 e. The second kappa shape index (κ2) is 8.73. The summed E-state index contributed by atoms with van der Waals surface area (Å²) in [5.41, 5.74) is 0. The van der Waals surface area contributed by atoms with E-state index >= 15 is 0 Å². The van der Waals surface area contributed by atoms with Crippen LogP contribution in [0.15, 0.2) is 4.74 Å². The van der Waals surface area contributed by atoms with E-state index in [1.165, 1.54) is 10.8 Å². The molecule has 1 amide bonds. The van der Waals surface area contributed by atoms with Crippen molar-refractivity contribution in [2.75, 3.05) is 11.5 Å². The van der Waals surface area contributed by atoms with Crippen LogP contribution in [0.25, 0.3) is 0 Å². The quantitative estimate of drug-likeness (QED) is 0.389. The first-order chi connectivity index (χ1) is 6.66. The molecule has 0 aliphatic carbocycles. The summed E-state index contributed by atoms with van der Waals surface area (Å²) in [5, 5.41) is 0. The minimum atomic E-state index is -0.209. The molecule has 0 bridgehead atoms. The van der Waals surface area contributed by atoms with E-state index in [4.69, 9.17) is 1.28 Å². The molecule has 0 fully saturated rings. The van der Waals surface area contributed by atoms with E-state index in [2.05, 4.69) is 4.74 Å². The summed E-state index contributed by atoms with van der Waals surface area (Å²) < 4.78 is 10.1. The van der Waals surface area contributed by atoms with Crippen LogP contribution in [0.2, 0.25) is 0 Å². The van der Waals surface area contributed by atoms with E-state index in [-0.39, 0.29) is 20.7 Å². The Labute approximate surface area is 89.4 Å². The van der Waals surface area contributed by atoms with Gasteiger partial charge in [-0.05, 0) is 22.3 Å². The van der Waals surface area contributed by atoms with Gasteiger partial charge in [0.25, 0.3) is 0 Å². The van der Waals surface area contributed by atoms with E-state index < -0.39 is 0 Å². The fourth-order valence-corrected chi connectivity index (χ4v) is 2.70.